The summed E-state index contributed by atoms with van der Waals surface area (Å²) in [7, 11) is 0. The normalized spacial score (nSPS) is 11.8. The highest BCUT2D eigenvalue weighted by Gasteiger charge is 2.29. The van der Waals surface area contributed by atoms with E-state index in [4.69, 9.17) is 5.73 Å². The summed E-state index contributed by atoms with van der Waals surface area (Å²) in [5.41, 5.74) is 7.34. The average Bonchev–Trinajstić information content (AvgIpc) is 2.28. The third-order valence-corrected chi connectivity index (χ3v) is 2.67. The maximum absolute atomic E-state index is 12.3. The van der Waals surface area contributed by atoms with Crippen LogP contribution in [0.2, 0.25) is 0 Å². The standard InChI is InChI=1S/C13H17F3N/c14-13(15,16)12-8-6-11(7-9-12)5-3-1-2-4-10-17/h6-9,17H,1-5,10H2. The van der Waals surface area contributed by atoms with Crippen molar-refractivity contribution in [3.63, 3.8) is 0 Å². The van der Waals surface area contributed by atoms with Gasteiger partial charge in [-0.05, 0) is 37.0 Å². The van der Waals surface area contributed by atoms with Crippen LogP contribution in [0.4, 0.5) is 13.2 Å². The number of unbranched alkanes of at least 4 members (excludes halogenated alkanes) is 3. The van der Waals surface area contributed by atoms with Crippen molar-refractivity contribution >= 4 is 0 Å². The van der Waals surface area contributed by atoms with Gasteiger partial charge in [0.25, 0.3) is 0 Å². The number of hydrogen-bond acceptors (Lipinski definition) is 0. The molecule has 0 heterocycles. The van der Waals surface area contributed by atoms with Crippen LogP contribution in [0.5, 0.6) is 0 Å². The summed E-state index contributed by atoms with van der Waals surface area (Å²) in [5.74, 6) is 0. The van der Waals surface area contributed by atoms with E-state index in [9.17, 15) is 13.2 Å². The molecule has 1 radical (unpaired) electrons. The van der Waals surface area contributed by atoms with Crippen LogP contribution in [0.15, 0.2) is 24.3 Å². The molecule has 0 aliphatic heterocycles. The van der Waals surface area contributed by atoms with Crippen molar-refractivity contribution in [2.45, 2.75) is 38.3 Å². The molecule has 0 atom stereocenters. The van der Waals surface area contributed by atoms with Gasteiger partial charge in [0, 0.05) is 6.54 Å². The van der Waals surface area contributed by atoms with Crippen LogP contribution in [-0.4, -0.2) is 6.54 Å². The Hall–Kier alpha value is -1.03. The number of halogens is 3. The minimum Gasteiger partial charge on any atom is -0.258 e. The molecule has 0 fully saturated rings. The zero-order valence-corrected chi connectivity index (χ0v) is 9.69. The highest BCUT2D eigenvalue weighted by molar-refractivity contribution is 5.24. The minimum absolute atomic E-state index is 0.459. The fourth-order valence-corrected chi connectivity index (χ4v) is 1.67. The van der Waals surface area contributed by atoms with E-state index >= 15 is 0 Å². The second kappa shape index (κ2) is 6.64. The van der Waals surface area contributed by atoms with E-state index in [1.165, 1.54) is 0 Å². The lowest BCUT2D eigenvalue weighted by Gasteiger charge is -2.07. The van der Waals surface area contributed by atoms with Gasteiger partial charge in [-0.15, -0.1) is 0 Å². The second-order valence-corrected chi connectivity index (χ2v) is 4.11. The summed E-state index contributed by atoms with van der Waals surface area (Å²) >= 11 is 0. The van der Waals surface area contributed by atoms with E-state index in [2.05, 4.69) is 0 Å². The van der Waals surface area contributed by atoms with Crippen molar-refractivity contribution < 1.29 is 13.2 Å². The van der Waals surface area contributed by atoms with Gasteiger partial charge >= 0.3 is 6.18 Å². The van der Waals surface area contributed by atoms with E-state index in [-0.39, 0.29) is 0 Å². The molecule has 1 aromatic carbocycles. The Bertz CT molecular complexity index is 316. The van der Waals surface area contributed by atoms with Crippen molar-refractivity contribution in [3.8, 4) is 0 Å². The molecule has 95 valence electrons. The first-order valence-corrected chi connectivity index (χ1v) is 5.85. The monoisotopic (exact) mass is 244 g/mol. The molecule has 1 rings (SSSR count). The first-order chi connectivity index (χ1) is 8.04. The van der Waals surface area contributed by atoms with E-state index in [0.29, 0.717) is 6.54 Å². The van der Waals surface area contributed by atoms with Crippen LogP contribution in [0.3, 0.4) is 0 Å². The summed E-state index contributed by atoms with van der Waals surface area (Å²) in [6.45, 7) is 0.459. The molecule has 0 bridgehead atoms. The molecule has 0 saturated heterocycles. The lowest BCUT2D eigenvalue weighted by molar-refractivity contribution is -0.137. The third-order valence-electron chi connectivity index (χ3n) is 2.67. The molecule has 0 aliphatic rings. The first-order valence-electron chi connectivity index (χ1n) is 5.85. The molecule has 0 aromatic heterocycles. The van der Waals surface area contributed by atoms with Crippen molar-refractivity contribution in [1.82, 2.24) is 5.73 Å². The van der Waals surface area contributed by atoms with Crippen LogP contribution in [0, 0.1) is 0 Å². The van der Waals surface area contributed by atoms with E-state index in [0.717, 1.165) is 49.8 Å². The van der Waals surface area contributed by atoms with Crippen molar-refractivity contribution in [2.75, 3.05) is 6.54 Å². The Morgan fingerprint density at radius 2 is 1.47 bits per heavy atom. The number of hydrogen-bond donors (Lipinski definition) is 0. The second-order valence-electron chi connectivity index (χ2n) is 4.11. The fraction of sp³-hybridized carbons (Fsp3) is 0.538. The zero-order chi connectivity index (χ0) is 12.7. The molecule has 0 amide bonds. The van der Waals surface area contributed by atoms with Crippen LogP contribution in [0.1, 0.15) is 36.8 Å². The molecule has 17 heavy (non-hydrogen) atoms. The fourth-order valence-electron chi connectivity index (χ4n) is 1.67. The SMILES string of the molecule is [NH]CCCCCCc1ccc(C(F)(F)F)cc1. The molecule has 1 N–H and O–H groups in total. The lowest BCUT2D eigenvalue weighted by atomic mass is 10.0. The third kappa shape index (κ3) is 5.22. The van der Waals surface area contributed by atoms with Gasteiger partial charge in [0.1, 0.15) is 0 Å². The summed E-state index contributed by atoms with van der Waals surface area (Å²) in [5, 5.41) is 0. The van der Waals surface area contributed by atoms with E-state index < -0.39 is 11.7 Å². The van der Waals surface area contributed by atoms with E-state index in [1.807, 2.05) is 0 Å². The van der Waals surface area contributed by atoms with Gasteiger partial charge in [-0.1, -0.05) is 25.0 Å². The van der Waals surface area contributed by atoms with Gasteiger partial charge in [0.2, 0.25) is 0 Å². The summed E-state index contributed by atoms with van der Waals surface area (Å²) < 4.78 is 36.9. The molecule has 4 heteroatoms. The lowest BCUT2D eigenvalue weighted by Crippen LogP contribution is -2.04. The summed E-state index contributed by atoms with van der Waals surface area (Å²) in [4.78, 5) is 0. The molecular weight excluding hydrogens is 227 g/mol. The zero-order valence-electron chi connectivity index (χ0n) is 9.69. The predicted octanol–water partition coefficient (Wildman–Crippen LogP) is 4.09. The highest BCUT2D eigenvalue weighted by Crippen LogP contribution is 2.29. The number of alkyl halides is 3. The minimum atomic E-state index is -4.24. The van der Waals surface area contributed by atoms with Crippen LogP contribution >= 0.6 is 0 Å². The number of aryl methyl sites for hydroxylation is 1. The van der Waals surface area contributed by atoms with Crippen molar-refractivity contribution in [3.05, 3.63) is 35.4 Å². The number of nitrogens with one attached hydrogen (secondary N) is 1. The molecule has 0 spiro atoms. The number of rotatable bonds is 6. The molecule has 1 aromatic rings. The van der Waals surface area contributed by atoms with Gasteiger partial charge < -0.3 is 0 Å². The smallest absolute Gasteiger partial charge is 0.258 e. The number of benzene rings is 1. The van der Waals surface area contributed by atoms with Gasteiger partial charge in [-0.2, -0.15) is 13.2 Å². The van der Waals surface area contributed by atoms with E-state index in [1.54, 1.807) is 12.1 Å². The average molecular weight is 244 g/mol. The Morgan fingerprint density at radius 1 is 0.882 bits per heavy atom. The maximum Gasteiger partial charge on any atom is 0.416 e. The van der Waals surface area contributed by atoms with Crippen LogP contribution in [0.25, 0.3) is 0 Å². The molecule has 0 saturated carbocycles. The van der Waals surface area contributed by atoms with Crippen molar-refractivity contribution in [1.29, 1.82) is 0 Å². The molecule has 0 unspecified atom stereocenters. The molecular formula is C13H17F3N. The van der Waals surface area contributed by atoms with Crippen LogP contribution < -0.4 is 5.73 Å². The van der Waals surface area contributed by atoms with Gasteiger partial charge in [0.05, 0.1) is 5.56 Å². The van der Waals surface area contributed by atoms with Gasteiger partial charge in [-0.25, -0.2) is 0 Å². The van der Waals surface area contributed by atoms with Gasteiger partial charge in [0.15, 0.2) is 0 Å². The quantitative estimate of drug-likeness (QED) is 0.673. The van der Waals surface area contributed by atoms with Gasteiger partial charge in [-0.3, -0.25) is 5.73 Å². The molecule has 0 aliphatic carbocycles. The predicted molar refractivity (Wildman–Crippen MR) is 61.6 cm³/mol. The first kappa shape index (κ1) is 14.0. The topological polar surface area (TPSA) is 23.8 Å². The summed E-state index contributed by atoms with van der Waals surface area (Å²) in [6, 6.07) is 5.37. The Kier molecular flexibility index (Phi) is 5.48. The van der Waals surface area contributed by atoms with Crippen molar-refractivity contribution in [2.24, 2.45) is 0 Å². The summed E-state index contributed by atoms with van der Waals surface area (Å²) in [6.07, 6.45) is 0.533. The Morgan fingerprint density at radius 3 is 2.00 bits per heavy atom. The Balaban J connectivity index is 2.36. The van der Waals surface area contributed by atoms with Crippen LogP contribution in [-0.2, 0) is 12.6 Å². The largest absolute Gasteiger partial charge is 0.416 e. The highest BCUT2D eigenvalue weighted by atomic mass is 19.4. The maximum atomic E-state index is 12.3. The molecule has 1 nitrogen and oxygen atoms in total. The Labute approximate surface area is 99.8 Å².